The van der Waals surface area contributed by atoms with E-state index >= 15 is 0 Å². The number of benzene rings is 1. The Bertz CT molecular complexity index is 661. The lowest BCUT2D eigenvalue weighted by Gasteiger charge is -2.43. The summed E-state index contributed by atoms with van der Waals surface area (Å²) in [4.78, 5) is 25.4. The van der Waals surface area contributed by atoms with E-state index < -0.39 is 17.3 Å². The van der Waals surface area contributed by atoms with Crippen molar-refractivity contribution in [3.63, 3.8) is 0 Å². The molecule has 24 heavy (non-hydrogen) atoms. The number of anilines is 1. The van der Waals surface area contributed by atoms with Gasteiger partial charge < -0.3 is 21.5 Å². The van der Waals surface area contributed by atoms with Crippen molar-refractivity contribution in [1.29, 1.82) is 0 Å². The van der Waals surface area contributed by atoms with E-state index in [2.05, 4.69) is 10.6 Å². The molecule has 1 aliphatic heterocycles. The molecule has 0 bridgehead atoms. The Morgan fingerprint density at radius 1 is 1.50 bits per heavy atom. The van der Waals surface area contributed by atoms with Gasteiger partial charge in [-0.2, -0.15) is 0 Å². The Morgan fingerprint density at radius 2 is 2.25 bits per heavy atom. The predicted molar refractivity (Wildman–Crippen MR) is 86.2 cm³/mol. The molecule has 1 saturated carbocycles. The van der Waals surface area contributed by atoms with Crippen LogP contribution in [0.2, 0.25) is 0 Å². The van der Waals surface area contributed by atoms with Gasteiger partial charge in [-0.1, -0.05) is 0 Å². The summed E-state index contributed by atoms with van der Waals surface area (Å²) in [7, 11) is 0. The van der Waals surface area contributed by atoms with Crippen LogP contribution in [0.3, 0.4) is 0 Å². The maximum Gasteiger partial charge on any atom is 0.321 e. The molecule has 2 aliphatic rings. The molecule has 2 fully saturated rings. The summed E-state index contributed by atoms with van der Waals surface area (Å²) in [5, 5.41) is 15.4. The van der Waals surface area contributed by atoms with Crippen LogP contribution >= 0.6 is 0 Å². The van der Waals surface area contributed by atoms with E-state index in [4.69, 9.17) is 5.73 Å². The summed E-state index contributed by atoms with van der Waals surface area (Å²) in [6, 6.07) is 3.70. The van der Waals surface area contributed by atoms with Gasteiger partial charge in [-0.05, 0) is 43.5 Å². The summed E-state index contributed by atoms with van der Waals surface area (Å²) < 4.78 is 14.0. The van der Waals surface area contributed by atoms with Crippen LogP contribution in [0.15, 0.2) is 18.2 Å². The largest absolute Gasteiger partial charge is 0.388 e. The zero-order valence-electron chi connectivity index (χ0n) is 13.2. The molecule has 1 aromatic carbocycles. The molecule has 7 nitrogen and oxygen atoms in total. The normalized spacial score (nSPS) is 26.0. The van der Waals surface area contributed by atoms with Gasteiger partial charge in [-0.25, -0.2) is 9.18 Å². The first-order valence-corrected chi connectivity index (χ1v) is 7.97. The Morgan fingerprint density at radius 3 is 2.88 bits per heavy atom. The maximum atomic E-state index is 14.0. The van der Waals surface area contributed by atoms with E-state index in [0.29, 0.717) is 38.2 Å². The summed E-state index contributed by atoms with van der Waals surface area (Å²) in [5.74, 6) is -1.02. The van der Waals surface area contributed by atoms with Crippen LogP contribution in [-0.4, -0.2) is 48.8 Å². The smallest absolute Gasteiger partial charge is 0.321 e. The van der Waals surface area contributed by atoms with Crippen LogP contribution in [-0.2, 0) is 0 Å². The Kier molecular flexibility index (Phi) is 4.42. The third-order valence-corrected chi connectivity index (χ3v) is 4.61. The predicted octanol–water partition coefficient (Wildman–Crippen LogP) is 0.185. The van der Waals surface area contributed by atoms with E-state index in [-0.39, 0.29) is 24.1 Å². The van der Waals surface area contributed by atoms with Crippen LogP contribution in [0.5, 0.6) is 0 Å². The lowest BCUT2D eigenvalue weighted by Crippen LogP contribution is -2.53. The van der Waals surface area contributed by atoms with Crippen molar-refractivity contribution in [3.05, 3.63) is 29.6 Å². The lowest BCUT2D eigenvalue weighted by atomic mass is 9.71. The highest BCUT2D eigenvalue weighted by atomic mass is 19.1. The number of urea groups is 1. The monoisotopic (exact) mass is 336 g/mol. The maximum absolute atomic E-state index is 14.0. The fraction of sp³-hybridized carbons (Fsp3) is 0.500. The summed E-state index contributed by atoms with van der Waals surface area (Å²) >= 11 is 0. The first-order valence-electron chi connectivity index (χ1n) is 7.97. The first kappa shape index (κ1) is 16.7. The zero-order valence-corrected chi connectivity index (χ0v) is 13.2. The van der Waals surface area contributed by atoms with Crippen LogP contribution in [0.4, 0.5) is 14.9 Å². The molecule has 1 aliphatic carbocycles. The third-order valence-electron chi connectivity index (χ3n) is 4.61. The van der Waals surface area contributed by atoms with Gasteiger partial charge >= 0.3 is 6.03 Å². The zero-order chi connectivity index (χ0) is 17.3. The molecule has 0 atom stereocenters. The van der Waals surface area contributed by atoms with Crippen molar-refractivity contribution < 1.29 is 19.1 Å². The molecular weight excluding hydrogens is 315 g/mol. The van der Waals surface area contributed by atoms with Gasteiger partial charge in [0, 0.05) is 25.3 Å². The van der Waals surface area contributed by atoms with Gasteiger partial charge in [0.25, 0.3) is 5.91 Å². The van der Waals surface area contributed by atoms with E-state index in [1.54, 1.807) is 0 Å². The molecule has 8 heteroatoms. The van der Waals surface area contributed by atoms with E-state index in [9.17, 15) is 19.1 Å². The number of hydrogen-bond donors (Lipinski definition) is 4. The second kappa shape index (κ2) is 6.37. The van der Waals surface area contributed by atoms with Crippen molar-refractivity contribution in [2.75, 3.05) is 31.1 Å². The lowest BCUT2D eigenvalue weighted by molar-refractivity contribution is -0.0665. The number of aliphatic hydroxyl groups is 1. The fourth-order valence-electron chi connectivity index (χ4n) is 3.24. The molecule has 1 heterocycles. The van der Waals surface area contributed by atoms with Gasteiger partial charge in [0.15, 0.2) is 0 Å². The standard InChI is InChI=1S/C16H21FN4O3/c17-13-2-1-11(21-4-3-19-15(21)23)5-12(13)14(22)20-9-16(24)6-10(7-16)8-18/h1-2,5,10,24H,3-4,6-9,18H2,(H,19,23)(H,20,22). The van der Waals surface area contributed by atoms with Crippen molar-refractivity contribution in [1.82, 2.24) is 10.6 Å². The molecular formula is C16H21FN4O3. The summed E-state index contributed by atoms with van der Waals surface area (Å²) in [5.41, 5.74) is 4.87. The highest BCUT2D eigenvalue weighted by Gasteiger charge is 2.42. The number of carbonyl (C=O) groups excluding carboxylic acids is 2. The fourth-order valence-corrected chi connectivity index (χ4v) is 3.24. The molecule has 0 radical (unpaired) electrons. The molecule has 0 spiro atoms. The second-order valence-electron chi connectivity index (χ2n) is 6.46. The van der Waals surface area contributed by atoms with E-state index in [1.807, 2.05) is 0 Å². The number of hydrogen-bond acceptors (Lipinski definition) is 4. The van der Waals surface area contributed by atoms with E-state index in [1.165, 1.54) is 23.1 Å². The SMILES string of the molecule is NCC1CC(O)(CNC(=O)c2cc(N3CCNC3=O)ccc2F)C1. The van der Waals surface area contributed by atoms with Crippen LogP contribution < -0.4 is 21.3 Å². The molecule has 1 aromatic rings. The number of nitrogens with two attached hydrogens (primary N) is 1. The molecule has 5 N–H and O–H groups in total. The molecule has 3 amide bonds. The number of carbonyl (C=O) groups is 2. The Hall–Kier alpha value is -2.19. The van der Waals surface area contributed by atoms with Crippen LogP contribution in [0.25, 0.3) is 0 Å². The number of amides is 3. The van der Waals surface area contributed by atoms with Gasteiger partial charge in [0.05, 0.1) is 11.2 Å². The Labute approximate surface area is 139 Å². The minimum atomic E-state index is -0.970. The Balaban J connectivity index is 1.67. The summed E-state index contributed by atoms with van der Waals surface area (Å²) in [6.07, 6.45) is 1.06. The third kappa shape index (κ3) is 3.20. The number of rotatable bonds is 5. The topological polar surface area (TPSA) is 108 Å². The van der Waals surface area contributed by atoms with E-state index in [0.717, 1.165) is 0 Å². The highest BCUT2D eigenvalue weighted by molar-refractivity contribution is 5.98. The second-order valence-corrected chi connectivity index (χ2v) is 6.46. The molecule has 1 saturated heterocycles. The van der Waals surface area contributed by atoms with Gasteiger partial charge in [-0.3, -0.25) is 9.69 Å². The molecule has 130 valence electrons. The van der Waals surface area contributed by atoms with Gasteiger partial charge in [0.1, 0.15) is 5.82 Å². The average molecular weight is 336 g/mol. The molecule has 0 aromatic heterocycles. The number of nitrogens with zero attached hydrogens (tertiary/aromatic N) is 1. The quantitative estimate of drug-likeness (QED) is 0.615. The van der Waals surface area contributed by atoms with Crippen LogP contribution in [0.1, 0.15) is 23.2 Å². The van der Waals surface area contributed by atoms with Crippen molar-refractivity contribution in [2.24, 2.45) is 11.7 Å². The minimum Gasteiger partial charge on any atom is -0.388 e. The molecule has 0 unspecified atom stereocenters. The molecule has 3 rings (SSSR count). The minimum absolute atomic E-state index is 0.0518. The first-order chi connectivity index (χ1) is 11.4. The highest BCUT2D eigenvalue weighted by Crippen LogP contribution is 2.36. The number of nitrogens with one attached hydrogen (secondary N) is 2. The summed E-state index contributed by atoms with van der Waals surface area (Å²) in [6.45, 7) is 1.53. The van der Waals surface area contributed by atoms with Gasteiger partial charge in [-0.15, -0.1) is 0 Å². The van der Waals surface area contributed by atoms with Gasteiger partial charge in [0.2, 0.25) is 0 Å². The van der Waals surface area contributed by atoms with Crippen molar-refractivity contribution >= 4 is 17.6 Å². The van der Waals surface area contributed by atoms with Crippen molar-refractivity contribution in [2.45, 2.75) is 18.4 Å². The van der Waals surface area contributed by atoms with Crippen molar-refractivity contribution in [3.8, 4) is 0 Å². The number of halogens is 1. The average Bonchev–Trinajstić information content (AvgIpc) is 2.96. The van der Waals surface area contributed by atoms with Crippen LogP contribution in [0, 0.1) is 11.7 Å².